The number of pyridine rings is 1. The maximum absolute atomic E-state index is 13.3. The first-order valence-corrected chi connectivity index (χ1v) is 15.1. The number of nitrogens with zero attached hydrogens (tertiary/aromatic N) is 8. The van der Waals surface area contributed by atoms with Crippen molar-refractivity contribution in [1.82, 2.24) is 43.9 Å². The molecule has 0 amide bonds. The molecule has 13 heteroatoms. The first kappa shape index (κ1) is 27.3. The Hall–Kier alpha value is -3.91. The van der Waals surface area contributed by atoms with Crippen LogP contribution >= 0.6 is 0 Å². The predicted octanol–water partition coefficient (Wildman–Crippen LogP) is 2.36. The summed E-state index contributed by atoms with van der Waals surface area (Å²) in [7, 11) is -0.0696. The fourth-order valence-corrected chi connectivity index (χ4v) is 6.26. The summed E-state index contributed by atoms with van der Waals surface area (Å²) in [6.45, 7) is 7.21. The molecule has 0 atom stereocenters. The number of fused-ring (bicyclic) bond motifs is 2. The Bertz CT molecular complexity index is 1810. The Kier molecular flexibility index (Phi) is 7.43. The number of aromatic nitrogens is 6. The van der Waals surface area contributed by atoms with E-state index in [1.165, 1.54) is 0 Å². The quantitative estimate of drug-likeness (QED) is 0.264. The number of benzene rings is 1. The van der Waals surface area contributed by atoms with E-state index in [9.17, 15) is 8.42 Å². The van der Waals surface area contributed by atoms with Gasteiger partial charge in [0.1, 0.15) is 11.4 Å². The molecule has 1 fully saturated rings. The lowest BCUT2D eigenvalue weighted by Gasteiger charge is -2.32. The Labute approximate surface area is 238 Å². The topological polar surface area (TPSA) is 123 Å². The normalized spacial score (nSPS) is 15.2. The van der Waals surface area contributed by atoms with Crippen molar-refractivity contribution in [3.05, 3.63) is 60.8 Å². The van der Waals surface area contributed by atoms with Gasteiger partial charge >= 0.3 is 0 Å². The molecule has 4 aromatic heterocycles. The first-order chi connectivity index (χ1) is 19.8. The van der Waals surface area contributed by atoms with Crippen LogP contribution in [0.4, 0.5) is 0 Å². The summed E-state index contributed by atoms with van der Waals surface area (Å²) in [5, 5.41) is 9.97. The molecule has 0 radical (unpaired) electrons. The van der Waals surface area contributed by atoms with Gasteiger partial charge in [0.15, 0.2) is 5.65 Å². The van der Waals surface area contributed by atoms with Gasteiger partial charge in [-0.05, 0) is 57.3 Å². The van der Waals surface area contributed by atoms with E-state index >= 15 is 0 Å². The van der Waals surface area contributed by atoms with Crippen LogP contribution in [0.15, 0.2) is 60.0 Å². The molecular weight excluding hydrogens is 542 g/mol. The standard InChI is InChI=1S/C28H33N9O3S/c1-20-22-18-30-24(23-19-31-36-11-4-8-29-28(23)36)17-25(22)37(33-20)26-16-21(6-7-27(26)40-3)41(38,39)32-9-5-10-35-14-12-34(2)13-15-35/h4,6-8,11,16-19,32H,5,9-10,12-15H2,1-3H3. The van der Waals surface area contributed by atoms with Crippen molar-refractivity contribution in [1.29, 1.82) is 0 Å². The van der Waals surface area contributed by atoms with E-state index in [0.29, 0.717) is 29.3 Å². The highest BCUT2D eigenvalue weighted by atomic mass is 32.2. The number of hydrogen-bond donors (Lipinski definition) is 1. The highest BCUT2D eigenvalue weighted by Crippen LogP contribution is 2.32. The maximum Gasteiger partial charge on any atom is 0.240 e. The molecule has 41 heavy (non-hydrogen) atoms. The number of hydrogen-bond acceptors (Lipinski definition) is 9. The first-order valence-electron chi connectivity index (χ1n) is 13.6. The van der Waals surface area contributed by atoms with Crippen LogP contribution in [0.3, 0.4) is 0 Å². The van der Waals surface area contributed by atoms with Crippen molar-refractivity contribution >= 4 is 26.6 Å². The van der Waals surface area contributed by atoms with Gasteiger partial charge in [0.25, 0.3) is 0 Å². The summed E-state index contributed by atoms with van der Waals surface area (Å²) in [4.78, 5) is 13.9. The number of methoxy groups -OCH3 is 1. The van der Waals surface area contributed by atoms with Gasteiger partial charge in [0.05, 0.1) is 40.7 Å². The van der Waals surface area contributed by atoms with E-state index < -0.39 is 10.0 Å². The summed E-state index contributed by atoms with van der Waals surface area (Å²) in [5.74, 6) is 0.499. The molecule has 5 heterocycles. The van der Waals surface area contributed by atoms with E-state index in [4.69, 9.17) is 9.84 Å². The van der Waals surface area contributed by atoms with Crippen LogP contribution in [0.1, 0.15) is 12.1 Å². The molecular formula is C28H33N9O3S. The molecule has 0 saturated carbocycles. The van der Waals surface area contributed by atoms with E-state index in [2.05, 4.69) is 36.6 Å². The van der Waals surface area contributed by atoms with Crippen molar-refractivity contribution in [2.45, 2.75) is 18.2 Å². The minimum absolute atomic E-state index is 0.148. The van der Waals surface area contributed by atoms with Crippen molar-refractivity contribution in [2.24, 2.45) is 0 Å². The lowest BCUT2D eigenvalue weighted by Crippen LogP contribution is -2.45. The molecule has 12 nitrogen and oxygen atoms in total. The largest absolute Gasteiger partial charge is 0.494 e. The Morgan fingerprint density at radius 3 is 2.71 bits per heavy atom. The zero-order valence-corrected chi connectivity index (χ0v) is 24.2. The van der Waals surface area contributed by atoms with Gasteiger partial charge in [-0.1, -0.05) is 0 Å². The number of nitrogens with one attached hydrogen (secondary N) is 1. The van der Waals surface area contributed by atoms with Gasteiger partial charge in [0.2, 0.25) is 10.0 Å². The van der Waals surface area contributed by atoms with Crippen molar-refractivity contribution in [3.63, 3.8) is 0 Å². The number of rotatable bonds is 9. The zero-order chi connectivity index (χ0) is 28.6. The van der Waals surface area contributed by atoms with Gasteiger partial charge in [-0.15, -0.1) is 0 Å². The van der Waals surface area contributed by atoms with Gasteiger partial charge in [-0.3, -0.25) is 4.98 Å². The van der Waals surface area contributed by atoms with Crippen LogP contribution in [0, 0.1) is 6.92 Å². The zero-order valence-electron chi connectivity index (χ0n) is 23.4. The molecule has 1 aliphatic heterocycles. The molecule has 6 rings (SSSR count). The highest BCUT2D eigenvalue weighted by molar-refractivity contribution is 7.89. The number of likely N-dealkylation sites (N-methyl/N-ethyl adjacent to an activating group) is 1. The SMILES string of the molecule is COc1ccc(S(=O)(=O)NCCCN2CCN(C)CC2)cc1-n1nc(C)c2cnc(-c3cnn4cccnc34)cc21. The van der Waals surface area contributed by atoms with Crippen molar-refractivity contribution in [2.75, 3.05) is 53.4 Å². The van der Waals surface area contributed by atoms with Gasteiger partial charge < -0.3 is 14.5 Å². The molecule has 5 aromatic rings. The number of piperazine rings is 1. The number of aryl methyl sites for hydroxylation is 1. The Balaban J connectivity index is 1.29. The van der Waals surface area contributed by atoms with Gasteiger partial charge in [0, 0.05) is 56.7 Å². The summed E-state index contributed by atoms with van der Waals surface area (Å²) in [5.41, 5.74) is 4.18. The van der Waals surface area contributed by atoms with Crippen LogP contribution in [-0.4, -0.2) is 101 Å². The fraction of sp³-hybridized carbons (Fsp3) is 0.357. The second kappa shape index (κ2) is 11.2. The molecule has 214 valence electrons. The summed E-state index contributed by atoms with van der Waals surface area (Å²) in [6, 6.07) is 8.55. The van der Waals surface area contributed by atoms with E-state index in [1.54, 1.807) is 53.1 Å². The van der Waals surface area contributed by atoms with Crippen LogP contribution in [0.25, 0.3) is 33.5 Å². The summed E-state index contributed by atoms with van der Waals surface area (Å²) < 4.78 is 38.4. The monoisotopic (exact) mass is 575 g/mol. The lowest BCUT2D eigenvalue weighted by atomic mass is 10.1. The number of ether oxygens (including phenoxy) is 1. The third-order valence-corrected chi connectivity index (χ3v) is 8.99. The van der Waals surface area contributed by atoms with Crippen LogP contribution < -0.4 is 9.46 Å². The van der Waals surface area contributed by atoms with E-state index in [-0.39, 0.29) is 4.90 Å². The minimum Gasteiger partial charge on any atom is -0.494 e. The molecule has 1 aromatic carbocycles. The molecule has 1 aliphatic rings. The molecule has 0 unspecified atom stereocenters. The summed E-state index contributed by atoms with van der Waals surface area (Å²) in [6.07, 6.45) is 7.78. The molecule has 0 bridgehead atoms. The van der Waals surface area contributed by atoms with E-state index in [1.807, 2.05) is 25.3 Å². The van der Waals surface area contributed by atoms with Crippen molar-refractivity contribution in [3.8, 4) is 22.7 Å². The third kappa shape index (κ3) is 5.40. The Morgan fingerprint density at radius 2 is 1.90 bits per heavy atom. The van der Waals surface area contributed by atoms with Gasteiger partial charge in [-0.2, -0.15) is 10.2 Å². The minimum atomic E-state index is -3.75. The van der Waals surface area contributed by atoms with Crippen molar-refractivity contribution < 1.29 is 13.2 Å². The van der Waals surface area contributed by atoms with E-state index in [0.717, 1.165) is 61.3 Å². The Morgan fingerprint density at radius 1 is 1.07 bits per heavy atom. The number of sulfonamides is 1. The van der Waals surface area contributed by atoms with Crippen LogP contribution in [-0.2, 0) is 10.0 Å². The second-order valence-corrected chi connectivity index (χ2v) is 12.0. The lowest BCUT2D eigenvalue weighted by molar-refractivity contribution is 0.153. The smallest absolute Gasteiger partial charge is 0.240 e. The third-order valence-electron chi connectivity index (χ3n) is 7.53. The average Bonchev–Trinajstić information content (AvgIpc) is 3.56. The maximum atomic E-state index is 13.3. The van der Waals surface area contributed by atoms with Crippen LogP contribution in [0.2, 0.25) is 0 Å². The molecule has 0 spiro atoms. The molecule has 0 aliphatic carbocycles. The van der Waals surface area contributed by atoms with Crippen LogP contribution in [0.5, 0.6) is 5.75 Å². The van der Waals surface area contributed by atoms with Gasteiger partial charge in [-0.25, -0.2) is 27.3 Å². The predicted molar refractivity (Wildman–Crippen MR) is 156 cm³/mol. The highest BCUT2D eigenvalue weighted by Gasteiger charge is 2.21. The summed E-state index contributed by atoms with van der Waals surface area (Å²) >= 11 is 0. The fourth-order valence-electron chi connectivity index (χ4n) is 5.16. The average molecular weight is 576 g/mol. The molecule has 1 saturated heterocycles. The second-order valence-electron chi connectivity index (χ2n) is 10.3. The molecule has 1 N–H and O–H groups in total.